The van der Waals surface area contributed by atoms with E-state index < -0.39 is 5.60 Å². The predicted molar refractivity (Wildman–Crippen MR) is 106 cm³/mol. The van der Waals surface area contributed by atoms with Gasteiger partial charge in [0.15, 0.2) is 5.60 Å². The Balaban J connectivity index is 1.33. The number of hydrogen-bond acceptors (Lipinski definition) is 4. The van der Waals surface area contributed by atoms with Crippen molar-refractivity contribution in [2.75, 3.05) is 18.0 Å². The standard InChI is InChI=1S/C23H23N3O2/c1-2-18-16-19(10-13-24-18)25-14-11-23(12-15-25)22(27)26-20(8-9-21(26)28-23)17-6-4-3-5-7-17/h1,3-7,10,13,16,20-21H,8-9,11-12,14-15H2/t20-,21+/m0/s1. The maximum atomic E-state index is 13.4. The number of benzene rings is 1. The SMILES string of the molecule is C#Cc1cc(N2CCC3(CC2)O[C@@H]2CC[C@@H](c4ccccc4)N2C3=O)ccn1. The molecule has 3 aliphatic heterocycles. The third kappa shape index (κ3) is 2.68. The summed E-state index contributed by atoms with van der Waals surface area (Å²) >= 11 is 0. The van der Waals surface area contributed by atoms with Gasteiger partial charge in [0.2, 0.25) is 0 Å². The van der Waals surface area contributed by atoms with Crippen LogP contribution in [0.3, 0.4) is 0 Å². The molecule has 0 aliphatic carbocycles. The molecule has 5 heteroatoms. The number of ether oxygens (including phenoxy) is 1. The quantitative estimate of drug-likeness (QED) is 0.759. The van der Waals surface area contributed by atoms with E-state index in [0.29, 0.717) is 18.5 Å². The summed E-state index contributed by atoms with van der Waals surface area (Å²) in [6, 6.07) is 14.4. The first-order valence-corrected chi connectivity index (χ1v) is 9.93. The number of nitrogens with zero attached hydrogens (tertiary/aromatic N) is 3. The van der Waals surface area contributed by atoms with E-state index in [0.717, 1.165) is 31.6 Å². The van der Waals surface area contributed by atoms with Crippen LogP contribution in [0.4, 0.5) is 5.69 Å². The van der Waals surface area contributed by atoms with Crippen LogP contribution < -0.4 is 4.90 Å². The second-order valence-electron chi connectivity index (χ2n) is 7.81. The lowest BCUT2D eigenvalue weighted by molar-refractivity contribution is -0.140. The van der Waals surface area contributed by atoms with Gasteiger partial charge in [-0.3, -0.25) is 4.79 Å². The number of piperidine rings is 1. The molecule has 3 aliphatic rings. The summed E-state index contributed by atoms with van der Waals surface area (Å²) in [6.07, 6.45) is 10.4. The molecule has 1 aromatic carbocycles. The van der Waals surface area contributed by atoms with Gasteiger partial charge in [0.1, 0.15) is 11.9 Å². The van der Waals surface area contributed by atoms with Gasteiger partial charge < -0.3 is 14.5 Å². The maximum absolute atomic E-state index is 13.4. The van der Waals surface area contributed by atoms with Crippen LogP contribution >= 0.6 is 0 Å². The van der Waals surface area contributed by atoms with Crippen molar-refractivity contribution in [2.24, 2.45) is 0 Å². The first-order chi connectivity index (χ1) is 13.7. The van der Waals surface area contributed by atoms with Gasteiger partial charge in [-0.25, -0.2) is 4.98 Å². The van der Waals surface area contributed by atoms with Gasteiger partial charge in [-0.05, 0) is 30.5 Å². The van der Waals surface area contributed by atoms with Crippen LogP contribution in [0.1, 0.15) is 43.0 Å². The molecule has 2 atom stereocenters. The average molecular weight is 373 g/mol. The van der Waals surface area contributed by atoms with Crippen LogP contribution in [-0.4, -0.2) is 40.7 Å². The molecular weight excluding hydrogens is 350 g/mol. The van der Waals surface area contributed by atoms with Crippen LogP contribution in [0, 0.1) is 12.3 Å². The van der Waals surface area contributed by atoms with Crippen molar-refractivity contribution in [3.8, 4) is 12.3 Å². The molecule has 142 valence electrons. The first-order valence-electron chi connectivity index (χ1n) is 9.93. The molecule has 3 fully saturated rings. The summed E-state index contributed by atoms with van der Waals surface area (Å²) in [7, 11) is 0. The Kier molecular flexibility index (Phi) is 4.10. The highest BCUT2D eigenvalue weighted by atomic mass is 16.6. The zero-order valence-electron chi connectivity index (χ0n) is 15.8. The van der Waals surface area contributed by atoms with E-state index in [1.165, 1.54) is 5.56 Å². The highest BCUT2D eigenvalue weighted by molar-refractivity contribution is 5.88. The van der Waals surface area contributed by atoms with Crippen LogP contribution in [-0.2, 0) is 9.53 Å². The van der Waals surface area contributed by atoms with Gasteiger partial charge in [0.25, 0.3) is 5.91 Å². The number of hydrogen-bond donors (Lipinski definition) is 0. The van der Waals surface area contributed by atoms with E-state index in [4.69, 9.17) is 11.2 Å². The number of rotatable bonds is 2. The van der Waals surface area contributed by atoms with Crippen molar-refractivity contribution in [2.45, 2.75) is 43.6 Å². The Morgan fingerprint density at radius 1 is 1.14 bits per heavy atom. The predicted octanol–water partition coefficient (Wildman–Crippen LogP) is 3.12. The normalized spacial score (nSPS) is 25.8. The van der Waals surface area contributed by atoms with Crippen molar-refractivity contribution in [1.29, 1.82) is 0 Å². The zero-order chi connectivity index (χ0) is 19.1. The molecule has 0 N–H and O–H groups in total. The number of terminal acetylenes is 1. The second-order valence-corrected chi connectivity index (χ2v) is 7.81. The summed E-state index contributed by atoms with van der Waals surface area (Å²) in [6.45, 7) is 1.55. The summed E-state index contributed by atoms with van der Waals surface area (Å²) in [5, 5.41) is 0. The van der Waals surface area contributed by atoms with Crippen molar-refractivity contribution in [3.63, 3.8) is 0 Å². The Hall–Kier alpha value is -2.84. The molecule has 28 heavy (non-hydrogen) atoms. The number of carbonyl (C=O) groups is 1. The van der Waals surface area contributed by atoms with Gasteiger partial charge in [0, 0.05) is 37.8 Å². The fourth-order valence-electron chi connectivity index (χ4n) is 4.87. The van der Waals surface area contributed by atoms with Gasteiger partial charge in [-0.2, -0.15) is 0 Å². The van der Waals surface area contributed by atoms with E-state index in [2.05, 4.69) is 27.9 Å². The molecular formula is C23H23N3O2. The van der Waals surface area contributed by atoms with E-state index in [9.17, 15) is 4.79 Å². The van der Waals surface area contributed by atoms with Gasteiger partial charge in [-0.1, -0.05) is 36.3 Å². The number of aromatic nitrogens is 1. The van der Waals surface area contributed by atoms with Crippen molar-refractivity contribution < 1.29 is 9.53 Å². The van der Waals surface area contributed by atoms with E-state index in [-0.39, 0.29) is 18.2 Å². The van der Waals surface area contributed by atoms with E-state index in [1.807, 2.05) is 35.2 Å². The highest BCUT2D eigenvalue weighted by Crippen LogP contribution is 2.47. The van der Waals surface area contributed by atoms with E-state index >= 15 is 0 Å². The fourth-order valence-corrected chi connectivity index (χ4v) is 4.87. The second kappa shape index (κ2) is 6.65. The Morgan fingerprint density at radius 2 is 1.93 bits per heavy atom. The number of pyridine rings is 1. The summed E-state index contributed by atoms with van der Waals surface area (Å²) in [4.78, 5) is 21.9. The smallest absolute Gasteiger partial charge is 0.257 e. The molecule has 4 heterocycles. The monoisotopic (exact) mass is 373 g/mol. The topological polar surface area (TPSA) is 45.7 Å². The Labute approximate surface area is 165 Å². The molecule has 1 amide bonds. The van der Waals surface area contributed by atoms with Crippen molar-refractivity contribution in [3.05, 3.63) is 59.9 Å². The van der Waals surface area contributed by atoms with Crippen LogP contribution in [0.25, 0.3) is 0 Å². The molecule has 1 spiro atoms. The van der Waals surface area contributed by atoms with Gasteiger partial charge in [0.05, 0.1) is 6.04 Å². The molecule has 0 bridgehead atoms. The lowest BCUT2D eigenvalue weighted by Gasteiger charge is -2.38. The molecule has 5 nitrogen and oxygen atoms in total. The largest absolute Gasteiger partial charge is 0.371 e. The van der Waals surface area contributed by atoms with Crippen LogP contribution in [0.2, 0.25) is 0 Å². The van der Waals surface area contributed by atoms with Crippen molar-refractivity contribution >= 4 is 11.6 Å². The molecule has 0 unspecified atom stereocenters. The van der Waals surface area contributed by atoms with Crippen LogP contribution in [0.5, 0.6) is 0 Å². The number of carbonyl (C=O) groups excluding carboxylic acids is 1. The number of anilines is 1. The first kappa shape index (κ1) is 17.3. The average Bonchev–Trinajstić information content (AvgIpc) is 3.27. The number of fused-ring (bicyclic) bond motifs is 1. The third-order valence-electron chi connectivity index (χ3n) is 6.33. The third-order valence-corrected chi connectivity index (χ3v) is 6.33. The number of amides is 1. The van der Waals surface area contributed by atoms with Gasteiger partial charge >= 0.3 is 0 Å². The Morgan fingerprint density at radius 3 is 2.68 bits per heavy atom. The minimum Gasteiger partial charge on any atom is -0.371 e. The van der Waals surface area contributed by atoms with Gasteiger partial charge in [-0.15, -0.1) is 6.42 Å². The van der Waals surface area contributed by atoms with Crippen molar-refractivity contribution in [1.82, 2.24) is 9.88 Å². The lowest BCUT2D eigenvalue weighted by Crippen LogP contribution is -2.50. The highest BCUT2D eigenvalue weighted by Gasteiger charge is 2.57. The fraction of sp³-hybridized carbons (Fsp3) is 0.391. The molecule has 3 saturated heterocycles. The maximum Gasteiger partial charge on any atom is 0.257 e. The molecule has 5 rings (SSSR count). The molecule has 1 aromatic heterocycles. The zero-order valence-corrected chi connectivity index (χ0v) is 15.8. The minimum atomic E-state index is -0.670. The minimum absolute atomic E-state index is 0.0850. The molecule has 0 saturated carbocycles. The van der Waals surface area contributed by atoms with E-state index in [1.54, 1.807) is 6.20 Å². The Bertz CT molecular complexity index is 928. The van der Waals surface area contributed by atoms with Crippen LogP contribution in [0.15, 0.2) is 48.7 Å². The summed E-state index contributed by atoms with van der Waals surface area (Å²) < 4.78 is 6.41. The lowest BCUT2D eigenvalue weighted by atomic mass is 9.89. The molecule has 0 radical (unpaired) electrons. The molecule has 2 aromatic rings. The summed E-state index contributed by atoms with van der Waals surface area (Å²) in [5.74, 6) is 2.76. The summed E-state index contributed by atoms with van der Waals surface area (Å²) in [5.41, 5.74) is 2.23.